The van der Waals surface area contributed by atoms with Crippen LogP contribution in [0, 0.1) is 0 Å². The number of aliphatic hydroxyl groups excluding tert-OH is 1. The Morgan fingerprint density at radius 2 is 1.82 bits per heavy atom. The van der Waals surface area contributed by atoms with Gasteiger partial charge >= 0.3 is 0 Å². The van der Waals surface area contributed by atoms with Crippen molar-refractivity contribution in [3.8, 4) is 0 Å². The summed E-state index contributed by atoms with van der Waals surface area (Å²) in [5, 5.41) is 22.7. The lowest BCUT2D eigenvalue weighted by molar-refractivity contribution is 0.0278. The highest BCUT2D eigenvalue weighted by Crippen LogP contribution is 2.31. The van der Waals surface area contributed by atoms with Crippen LogP contribution in [0.3, 0.4) is 0 Å². The van der Waals surface area contributed by atoms with E-state index < -0.39 is 11.8 Å². The number of anilines is 1. The number of nitrogens with two attached hydrogens (primary N) is 1. The van der Waals surface area contributed by atoms with E-state index in [-0.39, 0.29) is 6.54 Å². The maximum absolute atomic E-state index is 9.89. The molecular weight excluding hydrogens is 263 g/mol. The van der Waals surface area contributed by atoms with Crippen molar-refractivity contribution in [3.05, 3.63) is 27.7 Å². The van der Waals surface area contributed by atoms with Crippen molar-refractivity contribution in [3.63, 3.8) is 0 Å². The van der Waals surface area contributed by atoms with Gasteiger partial charge in [-0.25, -0.2) is 0 Å². The average Bonchev–Trinajstić information content (AvgIpc) is 2.20. The Hall–Kier alpha value is -0.520. The molecular formula is C11H16Cl2N2O2. The quantitative estimate of drug-likeness (QED) is 0.501. The number of hydrogen-bond acceptors (Lipinski definition) is 4. The van der Waals surface area contributed by atoms with Crippen molar-refractivity contribution < 1.29 is 10.2 Å². The fourth-order valence-corrected chi connectivity index (χ4v) is 1.76. The van der Waals surface area contributed by atoms with Crippen molar-refractivity contribution in [2.45, 2.75) is 25.7 Å². The lowest BCUT2D eigenvalue weighted by atomic mass is 10.1. The maximum Gasteiger partial charge on any atom is 0.110 e. The van der Waals surface area contributed by atoms with Gasteiger partial charge in [-0.05, 0) is 31.5 Å². The van der Waals surface area contributed by atoms with Crippen molar-refractivity contribution in [2.24, 2.45) is 0 Å². The summed E-state index contributed by atoms with van der Waals surface area (Å²) >= 11 is 11.7. The largest absolute Gasteiger partial charge is 0.396 e. The molecule has 0 spiro atoms. The molecule has 0 saturated carbocycles. The molecule has 0 aliphatic carbocycles. The second-order valence-electron chi connectivity index (χ2n) is 4.35. The molecule has 0 aliphatic heterocycles. The van der Waals surface area contributed by atoms with Crippen molar-refractivity contribution in [1.82, 2.24) is 5.32 Å². The van der Waals surface area contributed by atoms with Gasteiger partial charge in [0.15, 0.2) is 0 Å². The molecule has 1 unspecified atom stereocenters. The molecule has 1 atom stereocenters. The highest BCUT2D eigenvalue weighted by molar-refractivity contribution is 6.38. The number of benzene rings is 1. The first kappa shape index (κ1) is 14.5. The predicted octanol–water partition coefficient (Wildman–Crippen LogP) is 1.93. The topological polar surface area (TPSA) is 78.5 Å². The molecule has 0 heterocycles. The van der Waals surface area contributed by atoms with E-state index in [4.69, 9.17) is 28.9 Å². The summed E-state index contributed by atoms with van der Waals surface area (Å²) < 4.78 is 0. The van der Waals surface area contributed by atoms with Gasteiger partial charge in [-0.15, -0.1) is 0 Å². The second kappa shape index (κ2) is 5.42. The molecule has 0 fully saturated rings. The molecule has 1 aromatic rings. The number of rotatable bonds is 4. The van der Waals surface area contributed by atoms with Gasteiger partial charge in [-0.3, -0.25) is 5.32 Å². The van der Waals surface area contributed by atoms with Crippen LogP contribution in [-0.4, -0.2) is 22.5 Å². The fraction of sp³-hybridized carbons (Fsp3) is 0.455. The molecule has 96 valence electrons. The zero-order chi connectivity index (χ0) is 13.2. The Morgan fingerprint density at radius 3 is 2.24 bits per heavy atom. The molecule has 17 heavy (non-hydrogen) atoms. The Balaban J connectivity index is 2.79. The highest BCUT2D eigenvalue weighted by Gasteiger charge is 2.16. The monoisotopic (exact) mass is 278 g/mol. The Kier molecular flexibility index (Phi) is 4.63. The Morgan fingerprint density at radius 1 is 1.35 bits per heavy atom. The van der Waals surface area contributed by atoms with Crippen LogP contribution in [0.1, 0.15) is 25.5 Å². The molecule has 0 bridgehead atoms. The van der Waals surface area contributed by atoms with Crippen molar-refractivity contribution in [1.29, 1.82) is 0 Å². The molecule has 1 rings (SSSR count). The summed E-state index contributed by atoms with van der Waals surface area (Å²) in [4.78, 5) is 0. The minimum atomic E-state index is -1.05. The minimum Gasteiger partial charge on any atom is -0.396 e. The average molecular weight is 279 g/mol. The molecule has 0 aliphatic rings. The third-order valence-electron chi connectivity index (χ3n) is 2.21. The second-order valence-corrected chi connectivity index (χ2v) is 5.17. The summed E-state index contributed by atoms with van der Waals surface area (Å²) in [6.45, 7) is 3.35. The SMILES string of the molecule is CC(C)(O)NCC(O)c1cc(Cl)c(N)c(Cl)c1. The van der Waals surface area contributed by atoms with Crippen LogP contribution in [0.25, 0.3) is 0 Å². The fourth-order valence-electron chi connectivity index (χ4n) is 1.26. The summed E-state index contributed by atoms with van der Waals surface area (Å²) in [7, 11) is 0. The predicted molar refractivity (Wildman–Crippen MR) is 70.1 cm³/mol. The zero-order valence-corrected chi connectivity index (χ0v) is 11.2. The van der Waals surface area contributed by atoms with Crippen molar-refractivity contribution >= 4 is 28.9 Å². The maximum atomic E-state index is 9.89. The lowest BCUT2D eigenvalue weighted by Crippen LogP contribution is -2.41. The number of nitrogen functional groups attached to an aromatic ring is 1. The van der Waals surface area contributed by atoms with Gasteiger partial charge in [0.1, 0.15) is 5.72 Å². The number of nitrogens with one attached hydrogen (secondary N) is 1. The smallest absolute Gasteiger partial charge is 0.110 e. The van der Waals surface area contributed by atoms with Gasteiger partial charge in [-0.2, -0.15) is 0 Å². The molecule has 5 N–H and O–H groups in total. The van der Waals surface area contributed by atoms with E-state index in [2.05, 4.69) is 5.32 Å². The first-order valence-corrected chi connectivity index (χ1v) is 5.86. The number of aliphatic hydroxyl groups is 2. The van der Waals surface area contributed by atoms with Gasteiger partial charge in [0.2, 0.25) is 0 Å². The molecule has 4 nitrogen and oxygen atoms in total. The van der Waals surface area contributed by atoms with E-state index in [9.17, 15) is 10.2 Å². The summed E-state index contributed by atoms with van der Waals surface area (Å²) in [6, 6.07) is 3.11. The normalized spacial score (nSPS) is 13.8. The van der Waals surface area contributed by atoms with Gasteiger partial charge in [0.25, 0.3) is 0 Å². The molecule has 6 heteroatoms. The minimum absolute atomic E-state index is 0.181. The molecule has 0 aromatic heterocycles. The molecule has 0 saturated heterocycles. The summed E-state index contributed by atoms with van der Waals surface area (Å²) in [5.74, 6) is 0. The van der Waals surface area contributed by atoms with E-state index in [0.29, 0.717) is 21.3 Å². The highest BCUT2D eigenvalue weighted by atomic mass is 35.5. The Labute approximate surface area is 110 Å². The van der Waals surface area contributed by atoms with Gasteiger partial charge in [-0.1, -0.05) is 23.2 Å². The van der Waals surface area contributed by atoms with E-state index in [0.717, 1.165) is 0 Å². The third kappa shape index (κ3) is 4.33. The van der Waals surface area contributed by atoms with Crippen LogP contribution in [0.2, 0.25) is 10.0 Å². The van der Waals surface area contributed by atoms with Crippen LogP contribution in [0.15, 0.2) is 12.1 Å². The van der Waals surface area contributed by atoms with E-state index in [1.54, 1.807) is 26.0 Å². The van der Waals surface area contributed by atoms with Gasteiger partial charge in [0.05, 0.1) is 21.8 Å². The number of halogens is 2. The van der Waals surface area contributed by atoms with Gasteiger partial charge in [0, 0.05) is 6.54 Å². The van der Waals surface area contributed by atoms with Crippen LogP contribution in [-0.2, 0) is 0 Å². The van der Waals surface area contributed by atoms with Crippen molar-refractivity contribution in [2.75, 3.05) is 12.3 Å². The summed E-state index contributed by atoms with van der Waals surface area (Å²) in [6.07, 6.45) is -0.822. The summed E-state index contributed by atoms with van der Waals surface area (Å²) in [5.41, 5.74) is 5.38. The first-order valence-electron chi connectivity index (χ1n) is 5.10. The molecule has 0 amide bonds. The van der Waals surface area contributed by atoms with E-state index >= 15 is 0 Å². The number of hydrogen-bond donors (Lipinski definition) is 4. The standard InChI is InChI=1S/C11H16Cl2N2O2/c1-11(2,17)15-5-9(16)6-3-7(12)10(14)8(13)4-6/h3-4,9,15-17H,5,14H2,1-2H3. The first-order chi connectivity index (χ1) is 7.70. The molecule has 0 radical (unpaired) electrons. The third-order valence-corrected chi connectivity index (χ3v) is 2.84. The Bertz CT molecular complexity index is 382. The van der Waals surface area contributed by atoms with Gasteiger partial charge < -0.3 is 15.9 Å². The molecule has 1 aromatic carbocycles. The van der Waals surface area contributed by atoms with Crippen LogP contribution >= 0.6 is 23.2 Å². The van der Waals surface area contributed by atoms with Crippen LogP contribution in [0.4, 0.5) is 5.69 Å². The van der Waals surface area contributed by atoms with E-state index in [1.165, 1.54) is 0 Å². The van der Waals surface area contributed by atoms with Crippen LogP contribution in [0.5, 0.6) is 0 Å². The lowest BCUT2D eigenvalue weighted by Gasteiger charge is -2.22. The van der Waals surface area contributed by atoms with Crippen LogP contribution < -0.4 is 11.1 Å². The van der Waals surface area contributed by atoms with E-state index in [1.807, 2.05) is 0 Å². The zero-order valence-electron chi connectivity index (χ0n) is 9.67.